The number of hydrogen-bond acceptors (Lipinski definition) is 3. The third-order valence-electron chi connectivity index (χ3n) is 3.25. The molecule has 0 saturated carbocycles. The molecule has 3 nitrogen and oxygen atoms in total. The van der Waals surface area contributed by atoms with E-state index in [4.69, 9.17) is 0 Å². The Morgan fingerprint density at radius 2 is 2.24 bits per heavy atom. The van der Waals surface area contributed by atoms with Crippen LogP contribution in [0.3, 0.4) is 0 Å². The topological polar surface area (TPSA) is 29.9 Å². The molecule has 1 N–H and O–H groups in total. The predicted octanol–water partition coefficient (Wildman–Crippen LogP) is 3.88. The smallest absolute Gasteiger partial charge is 0.126 e. The van der Waals surface area contributed by atoms with Gasteiger partial charge in [0.05, 0.1) is 6.04 Å². The Hall–Kier alpha value is -1.33. The molecule has 1 aromatic carbocycles. The molecule has 1 heterocycles. The van der Waals surface area contributed by atoms with Crippen molar-refractivity contribution in [3.63, 3.8) is 0 Å². The molecule has 2 aromatic rings. The van der Waals surface area contributed by atoms with Gasteiger partial charge in [0, 0.05) is 29.6 Å². The van der Waals surface area contributed by atoms with Gasteiger partial charge in [0.15, 0.2) is 0 Å². The molecule has 114 valence electrons. The van der Waals surface area contributed by atoms with Gasteiger partial charge in [-0.15, -0.1) is 11.8 Å². The first kappa shape index (κ1) is 16.0. The van der Waals surface area contributed by atoms with Crippen LogP contribution in [0.4, 0.5) is 4.39 Å². The second kappa shape index (κ2) is 8.20. The average Bonchev–Trinajstić information content (AvgIpc) is 2.96. The van der Waals surface area contributed by atoms with Crippen LogP contribution >= 0.6 is 11.8 Å². The quantitative estimate of drug-likeness (QED) is 0.751. The van der Waals surface area contributed by atoms with E-state index < -0.39 is 0 Å². The van der Waals surface area contributed by atoms with Gasteiger partial charge in [0.25, 0.3) is 0 Å². The van der Waals surface area contributed by atoms with Gasteiger partial charge in [-0.25, -0.2) is 9.37 Å². The van der Waals surface area contributed by atoms with Crippen molar-refractivity contribution in [3.05, 3.63) is 48.3 Å². The first-order chi connectivity index (χ1) is 10.2. The molecule has 0 saturated heterocycles. The minimum Gasteiger partial charge on any atom is -0.334 e. The molecular weight excluding hydrogens is 285 g/mol. The number of benzene rings is 1. The van der Waals surface area contributed by atoms with E-state index in [1.165, 1.54) is 6.07 Å². The number of imidazole rings is 1. The van der Waals surface area contributed by atoms with E-state index in [1.807, 2.05) is 18.5 Å². The molecule has 0 fully saturated rings. The van der Waals surface area contributed by atoms with E-state index in [0.29, 0.717) is 0 Å². The van der Waals surface area contributed by atoms with Crippen LogP contribution in [0, 0.1) is 5.82 Å². The zero-order valence-electron chi connectivity index (χ0n) is 12.6. The van der Waals surface area contributed by atoms with E-state index in [9.17, 15) is 4.39 Å². The minimum atomic E-state index is -0.187. The second-order valence-electron chi connectivity index (χ2n) is 4.85. The molecule has 0 bridgehead atoms. The van der Waals surface area contributed by atoms with Crippen LogP contribution in [0.25, 0.3) is 0 Å². The lowest BCUT2D eigenvalue weighted by molar-refractivity contribution is 0.523. The number of hydrogen-bond donors (Lipinski definition) is 1. The van der Waals surface area contributed by atoms with Crippen molar-refractivity contribution >= 4 is 11.8 Å². The normalized spacial score (nSPS) is 12.5. The van der Waals surface area contributed by atoms with Crippen molar-refractivity contribution in [2.24, 2.45) is 0 Å². The summed E-state index contributed by atoms with van der Waals surface area (Å²) >= 11 is 1.65. The second-order valence-corrected chi connectivity index (χ2v) is 5.94. The molecule has 0 amide bonds. The van der Waals surface area contributed by atoms with Gasteiger partial charge in [0.1, 0.15) is 11.6 Å². The first-order valence-electron chi connectivity index (χ1n) is 7.37. The van der Waals surface area contributed by atoms with Crippen LogP contribution in [0.2, 0.25) is 0 Å². The summed E-state index contributed by atoms with van der Waals surface area (Å²) in [5.41, 5.74) is 0. The minimum absolute atomic E-state index is 0.174. The van der Waals surface area contributed by atoms with E-state index >= 15 is 0 Å². The Morgan fingerprint density at radius 1 is 1.38 bits per heavy atom. The number of thioether (sulfide) groups is 1. The summed E-state index contributed by atoms with van der Waals surface area (Å²) in [5.74, 6) is 1.70. The summed E-state index contributed by atoms with van der Waals surface area (Å²) < 4.78 is 15.4. The van der Waals surface area contributed by atoms with E-state index in [-0.39, 0.29) is 11.9 Å². The third-order valence-corrected chi connectivity index (χ3v) is 4.34. The van der Waals surface area contributed by atoms with Crippen molar-refractivity contribution in [2.45, 2.75) is 37.8 Å². The summed E-state index contributed by atoms with van der Waals surface area (Å²) in [5, 5.41) is 3.53. The summed E-state index contributed by atoms with van der Waals surface area (Å²) in [4.78, 5) is 5.43. The van der Waals surface area contributed by atoms with Crippen LogP contribution < -0.4 is 5.32 Å². The highest BCUT2D eigenvalue weighted by Gasteiger charge is 2.16. The van der Waals surface area contributed by atoms with E-state index in [2.05, 4.69) is 28.7 Å². The van der Waals surface area contributed by atoms with Gasteiger partial charge in [-0.05, 0) is 38.1 Å². The zero-order chi connectivity index (χ0) is 15.1. The van der Waals surface area contributed by atoms with Crippen molar-refractivity contribution in [2.75, 3.05) is 12.3 Å². The number of halogens is 1. The predicted molar refractivity (Wildman–Crippen MR) is 86.1 cm³/mol. The molecule has 2 rings (SSSR count). The fourth-order valence-electron chi connectivity index (χ4n) is 2.18. The molecule has 1 unspecified atom stereocenters. The summed E-state index contributed by atoms with van der Waals surface area (Å²) in [6.07, 6.45) is 4.92. The lowest BCUT2D eigenvalue weighted by Crippen LogP contribution is -2.27. The standard InChI is InChI=1S/C16H22FN3S/c1-3-8-18-15(16-19-9-10-20(16)4-2)12-21-14-7-5-6-13(17)11-14/h5-7,9-11,15,18H,3-4,8,12H2,1-2H3. The molecule has 0 radical (unpaired) electrons. The lowest BCUT2D eigenvalue weighted by Gasteiger charge is -2.19. The Balaban J connectivity index is 2.06. The molecule has 0 aliphatic rings. The van der Waals surface area contributed by atoms with Gasteiger partial charge in [-0.3, -0.25) is 0 Å². The highest BCUT2D eigenvalue weighted by molar-refractivity contribution is 7.99. The van der Waals surface area contributed by atoms with E-state index in [0.717, 1.165) is 36.0 Å². The average molecular weight is 307 g/mol. The van der Waals surface area contributed by atoms with Crippen LogP contribution in [0.5, 0.6) is 0 Å². The maximum Gasteiger partial charge on any atom is 0.126 e. The van der Waals surface area contributed by atoms with Gasteiger partial charge < -0.3 is 9.88 Å². The molecule has 1 aromatic heterocycles. The Morgan fingerprint density at radius 3 is 2.95 bits per heavy atom. The molecule has 0 spiro atoms. The van der Waals surface area contributed by atoms with Crippen LogP contribution in [0.1, 0.15) is 32.1 Å². The summed E-state index contributed by atoms with van der Waals surface area (Å²) in [7, 11) is 0. The lowest BCUT2D eigenvalue weighted by atomic mass is 10.3. The number of nitrogens with zero attached hydrogens (tertiary/aromatic N) is 2. The molecule has 5 heteroatoms. The van der Waals surface area contributed by atoms with E-state index in [1.54, 1.807) is 23.9 Å². The molecule has 21 heavy (non-hydrogen) atoms. The highest BCUT2D eigenvalue weighted by atomic mass is 32.2. The van der Waals surface area contributed by atoms with Gasteiger partial charge in [0.2, 0.25) is 0 Å². The van der Waals surface area contributed by atoms with Crippen LogP contribution in [0.15, 0.2) is 41.6 Å². The summed E-state index contributed by atoms with van der Waals surface area (Å²) in [6, 6.07) is 6.91. The number of aryl methyl sites for hydroxylation is 1. The molecule has 0 aliphatic carbocycles. The summed E-state index contributed by atoms with van der Waals surface area (Å²) in [6.45, 7) is 6.12. The molecule has 0 aliphatic heterocycles. The van der Waals surface area contributed by atoms with Gasteiger partial charge in [-0.1, -0.05) is 13.0 Å². The Kier molecular flexibility index (Phi) is 6.26. The fourth-order valence-corrected chi connectivity index (χ4v) is 3.17. The largest absolute Gasteiger partial charge is 0.334 e. The maximum absolute atomic E-state index is 13.2. The number of aromatic nitrogens is 2. The fraction of sp³-hybridized carbons (Fsp3) is 0.438. The third kappa shape index (κ3) is 4.58. The van der Waals surface area contributed by atoms with Crippen molar-refractivity contribution in [1.29, 1.82) is 0 Å². The molecule has 1 atom stereocenters. The maximum atomic E-state index is 13.2. The number of rotatable bonds is 8. The molecular formula is C16H22FN3S. The zero-order valence-corrected chi connectivity index (χ0v) is 13.4. The Bertz CT molecular complexity index is 556. The van der Waals surface area contributed by atoms with Crippen molar-refractivity contribution < 1.29 is 4.39 Å². The SMILES string of the molecule is CCCNC(CSc1cccc(F)c1)c1nccn1CC. The Labute approximate surface area is 130 Å². The number of nitrogens with one attached hydrogen (secondary N) is 1. The van der Waals surface area contributed by atoms with Crippen LogP contribution in [-0.2, 0) is 6.54 Å². The van der Waals surface area contributed by atoms with Crippen molar-refractivity contribution in [3.8, 4) is 0 Å². The first-order valence-corrected chi connectivity index (χ1v) is 8.36. The van der Waals surface area contributed by atoms with Crippen molar-refractivity contribution in [1.82, 2.24) is 14.9 Å². The van der Waals surface area contributed by atoms with Gasteiger partial charge in [-0.2, -0.15) is 0 Å². The highest BCUT2D eigenvalue weighted by Crippen LogP contribution is 2.24. The van der Waals surface area contributed by atoms with Crippen LogP contribution in [-0.4, -0.2) is 21.8 Å². The van der Waals surface area contributed by atoms with Gasteiger partial charge >= 0.3 is 0 Å². The monoisotopic (exact) mass is 307 g/mol.